The minimum Gasteiger partial charge on any atom is -0.291 e. The minimum atomic E-state index is 0.399. The number of aromatic nitrogens is 4. The minimum absolute atomic E-state index is 0.399. The molecule has 0 bridgehead atoms. The largest absolute Gasteiger partial charge is 0.291 e. The van der Waals surface area contributed by atoms with Gasteiger partial charge >= 0.3 is 0 Å². The van der Waals surface area contributed by atoms with Gasteiger partial charge in [-0.05, 0) is 35.0 Å². The van der Waals surface area contributed by atoms with E-state index in [1.165, 1.54) is 6.33 Å². The summed E-state index contributed by atoms with van der Waals surface area (Å²) >= 11 is 9.68. The van der Waals surface area contributed by atoms with E-state index in [1.54, 1.807) is 0 Å². The Balaban J connectivity index is 2.43. The van der Waals surface area contributed by atoms with Gasteiger partial charge in [0, 0.05) is 4.47 Å². The molecular weight excluding hydrogens is 316 g/mol. The number of hydrogen-bond acceptors (Lipinski definition) is 3. The summed E-state index contributed by atoms with van der Waals surface area (Å²) in [6.07, 6.45) is 1.42. The average Bonchev–Trinajstić information content (AvgIpc) is 2.68. The van der Waals surface area contributed by atoms with Gasteiger partial charge in [-0.2, -0.15) is 0 Å². The van der Waals surface area contributed by atoms with Crippen molar-refractivity contribution >= 4 is 38.7 Å². The Morgan fingerprint density at radius 1 is 1.22 bits per heavy atom. The van der Waals surface area contributed by atoms with Crippen molar-refractivity contribution in [2.24, 2.45) is 0 Å². The fourth-order valence-electron chi connectivity index (χ4n) is 1.92. The standard InChI is InChI=1S/C12H8BrClN4/c1-7-17-12-10(11(14)15-6-16-12)18(7)9-5-3-2-4-8(9)13/h2-6H,1H3. The van der Waals surface area contributed by atoms with E-state index in [0.717, 1.165) is 21.5 Å². The third-order valence-electron chi connectivity index (χ3n) is 2.67. The normalized spacial score (nSPS) is 11.1. The Labute approximate surface area is 117 Å². The summed E-state index contributed by atoms with van der Waals surface area (Å²) in [7, 11) is 0. The van der Waals surface area contributed by atoms with E-state index < -0.39 is 0 Å². The maximum absolute atomic E-state index is 6.15. The molecule has 90 valence electrons. The van der Waals surface area contributed by atoms with Gasteiger partial charge in [0.2, 0.25) is 0 Å². The highest BCUT2D eigenvalue weighted by atomic mass is 79.9. The molecule has 0 fully saturated rings. The van der Waals surface area contributed by atoms with E-state index in [2.05, 4.69) is 30.9 Å². The lowest BCUT2D eigenvalue weighted by atomic mass is 10.3. The first-order chi connectivity index (χ1) is 8.68. The highest BCUT2D eigenvalue weighted by molar-refractivity contribution is 9.10. The van der Waals surface area contributed by atoms with Crippen LogP contribution in [0.15, 0.2) is 35.1 Å². The maximum Gasteiger partial charge on any atom is 0.182 e. The number of benzene rings is 1. The summed E-state index contributed by atoms with van der Waals surface area (Å²) in [5, 5.41) is 0.399. The van der Waals surface area contributed by atoms with Crippen LogP contribution in [0.25, 0.3) is 16.9 Å². The molecule has 3 rings (SSSR count). The average molecular weight is 324 g/mol. The van der Waals surface area contributed by atoms with Crippen LogP contribution in [0.5, 0.6) is 0 Å². The molecule has 3 aromatic rings. The topological polar surface area (TPSA) is 43.6 Å². The second kappa shape index (κ2) is 4.33. The number of halogens is 2. The van der Waals surface area contributed by atoms with Crippen LogP contribution >= 0.6 is 27.5 Å². The van der Waals surface area contributed by atoms with Gasteiger partial charge in [-0.15, -0.1) is 0 Å². The molecule has 0 aliphatic rings. The van der Waals surface area contributed by atoms with E-state index in [4.69, 9.17) is 11.6 Å². The zero-order chi connectivity index (χ0) is 12.7. The van der Waals surface area contributed by atoms with Crippen molar-refractivity contribution in [3.63, 3.8) is 0 Å². The van der Waals surface area contributed by atoms with Crippen LogP contribution in [-0.2, 0) is 0 Å². The lowest BCUT2D eigenvalue weighted by molar-refractivity contribution is 0.994. The molecule has 6 heteroatoms. The molecule has 0 amide bonds. The number of nitrogens with zero attached hydrogens (tertiary/aromatic N) is 4. The number of para-hydroxylation sites is 1. The summed E-state index contributed by atoms with van der Waals surface area (Å²) in [4.78, 5) is 12.5. The van der Waals surface area contributed by atoms with Gasteiger partial charge < -0.3 is 0 Å². The van der Waals surface area contributed by atoms with E-state index in [9.17, 15) is 0 Å². The molecule has 4 nitrogen and oxygen atoms in total. The van der Waals surface area contributed by atoms with Crippen molar-refractivity contribution in [3.8, 4) is 5.69 Å². The lowest BCUT2D eigenvalue weighted by Gasteiger charge is -2.09. The van der Waals surface area contributed by atoms with Crippen molar-refractivity contribution in [1.82, 2.24) is 19.5 Å². The predicted octanol–water partition coefficient (Wildman–Crippen LogP) is 3.54. The number of fused-ring (bicyclic) bond motifs is 1. The van der Waals surface area contributed by atoms with Crippen LogP contribution in [0.2, 0.25) is 5.15 Å². The number of hydrogen-bond donors (Lipinski definition) is 0. The molecule has 2 heterocycles. The first kappa shape index (κ1) is 11.6. The van der Waals surface area contributed by atoms with Crippen LogP contribution < -0.4 is 0 Å². The van der Waals surface area contributed by atoms with Crippen LogP contribution in [-0.4, -0.2) is 19.5 Å². The van der Waals surface area contributed by atoms with Gasteiger partial charge in [0.25, 0.3) is 0 Å². The van der Waals surface area contributed by atoms with Crippen LogP contribution in [0.1, 0.15) is 5.82 Å². The lowest BCUT2D eigenvalue weighted by Crippen LogP contribution is -1.98. The summed E-state index contributed by atoms with van der Waals surface area (Å²) in [6.45, 7) is 1.91. The number of aryl methyl sites for hydroxylation is 1. The van der Waals surface area contributed by atoms with Gasteiger partial charge in [0.1, 0.15) is 17.7 Å². The smallest absolute Gasteiger partial charge is 0.182 e. The third kappa shape index (κ3) is 1.71. The molecule has 1 aromatic carbocycles. The zero-order valence-corrected chi connectivity index (χ0v) is 11.8. The van der Waals surface area contributed by atoms with Gasteiger partial charge in [0.05, 0.1) is 5.69 Å². The molecule has 0 saturated heterocycles. The highest BCUT2D eigenvalue weighted by Crippen LogP contribution is 2.28. The van der Waals surface area contributed by atoms with Crippen LogP contribution in [0, 0.1) is 6.92 Å². The van der Waals surface area contributed by atoms with Crippen molar-refractivity contribution in [2.45, 2.75) is 6.92 Å². The molecule has 0 N–H and O–H groups in total. The summed E-state index contributed by atoms with van der Waals surface area (Å²) in [5.41, 5.74) is 2.29. The molecule has 2 aromatic heterocycles. The van der Waals surface area contributed by atoms with E-state index in [1.807, 2.05) is 35.8 Å². The quantitative estimate of drug-likeness (QED) is 0.643. The Kier molecular flexibility index (Phi) is 2.80. The Morgan fingerprint density at radius 2 is 2.00 bits per heavy atom. The molecule has 0 unspecified atom stereocenters. The van der Waals surface area contributed by atoms with Crippen molar-refractivity contribution in [3.05, 3.63) is 46.0 Å². The Morgan fingerprint density at radius 3 is 2.78 bits per heavy atom. The van der Waals surface area contributed by atoms with Crippen molar-refractivity contribution < 1.29 is 0 Å². The Bertz CT molecular complexity index is 738. The van der Waals surface area contributed by atoms with Gasteiger partial charge in [-0.1, -0.05) is 23.7 Å². The maximum atomic E-state index is 6.15. The van der Waals surface area contributed by atoms with Crippen molar-refractivity contribution in [1.29, 1.82) is 0 Å². The first-order valence-electron chi connectivity index (χ1n) is 5.29. The van der Waals surface area contributed by atoms with Gasteiger partial charge in [-0.25, -0.2) is 15.0 Å². The second-order valence-corrected chi connectivity index (χ2v) is 4.99. The molecule has 0 spiro atoms. The summed E-state index contributed by atoms with van der Waals surface area (Å²) in [6, 6.07) is 7.88. The highest BCUT2D eigenvalue weighted by Gasteiger charge is 2.15. The molecule has 0 aliphatic heterocycles. The van der Waals surface area contributed by atoms with E-state index in [-0.39, 0.29) is 0 Å². The zero-order valence-electron chi connectivity index (χ0n) is 9.43. The first-order valence-corrected chi connectivity index (χ1v) is 6.46. The fourth-order valence-corrected chi connectivity index (χ4v) is 2.59. The van der Waals surface area contributed by atoms with Gasteiger partial charge in [0.15, 0.2) is 10.8 Å². The summed E-state index contributed by atoms with van der Waals surface area (Å²) in [5.74, 6) is 0.819. The molecule has 0 radical (unpaired) electrons. The van der Waals surface area contributed by atoms with Crippen molar-refractivity contribution in [2.75, 3.05) is 0 Å². The third-order valence-corrected chi connectivity index (χ3v) is 3.61. The predicted molar refractivity (Wildman–Crippen MR) is 74.1 cm³/mol. The molecule has 18 heavy (non-hydrogen) atoms. The molecule has 0 aliphatic carbocycles. The molecule has 0 saturated carbocycles. The van der Waals surface area contributed by atoms with Gasteiger partial charge in [-0.3, -0.25) is 4.57 Å². The van der Waals surface area contributed by atoms with Crippen LogP contribution in [0.3, 0.4) is 0 Å². The van der Waals surface area contributed by atoms with E-state index >= 15 is 0 Å². The number of imidazole rings is 1. The van der Waals surface area contributed by atoms with Crippen LogP contribution in [0.4, 0.5) is 0 Å². The second-order valence-electron chi connectivity index (χ2n) is 3.78. The Hall–Kier alpha value is -1.46. The molecular formula is C12H8BrClN4. The fraction of sp³-hybridized carbons (Fsp3) is 0.0833. The molecule has 0 atom stereocenters. The number of rotatable bonds is 1. The van der Waals surface area contributed by atoms with E-state index in [0.29, 0.717) is 10.8 Å². The SMILES string of the molecule is Cc1nc2ncnc(Cl)c2n1-c1ccccc1Br. The monoisotopic (exact) mass is 322 g/mol. The summed E-state index contributed by atoms with van der Waals surface area (Å²) < 4.78 is 2.91.